The average molecular weight is 308 g/mol. The highest BCUT2D eigenvalue weighted by Gasteiger charge is 2.44. The van der Waals surface area contributed by atoms with E-state index in [0.717, 1.165) is 0 Å². The van der Waals surface area contributed by atoms with Gasteiger partial charge in [-0.15, -0.1) is 0 Å². The van der Waals surface area contributed by atoms with E-state index in [1.807, 2.05) is 0 Å². The van der Waals surface area contributed by atoms with Crippen LogP contribution in [-0.4, -0.2) is 60.6 Å². The maximum Gasteiger partial charge on any atom is 0.164 e. The van der Waals surface area contributed by atoms with Crippen LogP contribution in [-0.2, 0) is 4.74 Å². The number of nitrogen functional groups attached to an aromatic ring is 2. The molecule has 0 bridgehead atoms. The van der Waals surface area contributed by atoms with Gasteiger partial charge in [-0.1, -0.05) is 0 Å². The Hall–Kier alpha value is -2.27. The van der Waals surface area contributed by atoms with Gasteiger partial charge in [-0.2, -0.15) is 0 Å². The summed E-state index contributed by atoms with van der Waals surface area (Å²) < 4.78 is 6.89. The first-order valence-corrected chi connectivity index (χ1v) is 6.53. The quantitative estimate of drug-likeness (QED) is 0.276. The van der Waals surface area contributed by atoms with Gasteiger partial charge < -0.3 is 36.1 Å². The van der Waals surface area contributed by atoms with Gasteiger partial charge in [0.2, 0.25) is 0 Å². The number of amidine groups is 1. The van der Waals surface area contributed by atoms with Crippen molar-refractivity contribution in [2.24, 2.45) is 5.73 Å². The van der Waals surface area contributed by atoms with Crippen molar-refractivity contribution >= 4 is 22.7 Å². The largest absolute Gasteiger partial charge is 0.394 e. The number of nitrogens with two attached hydrogens (primary N) is 2. The van der Waals surface area contributed by atoms with Crippen molar-refractivity contribution in [2.45, 2.75) is 24.5 Å². The summed E-state index contributed by atoms with van der Waals surface area (Å²) >= 11 is 0. The number of nitrogens with one attached hydrogen (secondary N) is 1. The predicted octanol–water partition coefficient (Wildman–Crippen LogP) is -2.09. The number of aliphatic hydroxyl groups is 3. The minimum atomic E-state index is -1.27. The van der Waals surface area contributed by atoms with Crippen molar-refractivity contribution < 1.29 is 20.1 Å². The van der Waals surface area contributed by atoms with Gasteiger partial charge in [0.05, 0.1) is 12.0 Å². The lowest BCUT2D eigenvalue weighted by molar-refractivity contribution is -0.0508. The smallest absolute Gasteiger partial charge is 0.164 e. The Balaban J connectivity index is 2.16. The maximum absolute atomic E-state index is 10.1. The van der Waals surface area contributed by atoms with E-state index in [1.54, 1.807) is 0 Å². The second-order valence-electron chi connectivity index (χ2n) is 5.05. The van der Waals surface area contributed by atoms with E-state index in [0.29, 0.717) is 16.6 Å². The molecule has 3 rings (SSSR count). The number of anilines is 1. The average Bonchev–Trinajstić information content (AvgIpc) is 3.00. The Morgan fingerprint density at radius 1 is 1.36 bits per heavy atom. The number of nitrogens with zero attached hydrogens (tertiary/aromatic N) is 3. The molecule has 0 saturated carbocycles. The molecule has 8 N–H and O–H groups in total. The van der Waals surface area contributed by atoms with E-state index < -0.39 is 31.1 Å². The normalized spacial score (nSPS) is 28.3. The minimum Gasteiger partial charge on any atom is -0.394 e. The summed E-state index contributed by atoms with van der Waals surface area (Å²) in [6.45, 7) is -0.440. The first-order valence-electron chi connectivity index (χ1n) is 6.53. The highest BCUT2D eigenvalue weighted by atomic mass is 16.6. The standard InChI is InChI=1S/C12H16N6O4/c13-9(14)4-1-18(11-6(4)10(15)16-3-17-11)12-8(21)7(20)5(2-19)22-12/h1,3,5,7-8,12,19-21H,2H2,(H3,13,14)(H2,15,16,17). The molecule has 0 spiro atoms. The number of aliphatic hydroxyl groups excluding tert-OH is 3. The van der Waals surface area contributed by atoms with Gasteiger partial charge in [0.25, 0.3) is 0 Å². The van der Waals surface area contributed by atoms with Gasteiger partial charge in [0.15, 0.2) is 6.23 Å². The SMILES string of the molecule is N=C(N)c1cn(C2OC(CO)C(O)C2O)c2ncnc(N)c12. The molecule has 1 saturated heterocycles. The van der Waals surface area contributed by atoms with Crippen molar-refractivity contribution in [1.82, 2.24) is 14.5 Å². The third kappa shape index (κ3) is 2.01. The van der Waals surface area contributed by atoms with Crippen LogP contribution < -0.4 is 11.5 Å². The van der Waals surface area contributed by atoms with E-state index in [2.05, 4.69) is 9.97 Å². The Bertz CT molecular complexity index is 732. The van der Waals surface area contributed by atoms with Gasteiger partial charge >= 0.3 is 0 Å². The lowest BCUT2D eigenvalue weighted by Crippen LogP contribution is -2.33. The summed E-state index contributed by atoms with van der Waals surface area (Å²) in [5.74, 6) is -0.0994. The van der Waals surface area contributed by atoms with Crippen LogP contribution in [0, 0.1) is 5.41 Å². The molecule has 2 aromatic rings. The Morgan fingerprint density at radius 2 is 2.09 bits per heavy atom. The summed E-state index contributed by atoms with van der Waals surface area (Å²) in [5.41, 5.74) is 12.0. The lowest BCUT2D eigenvalue weighted by Gasteiger charge is -2.17. The second-order valence-corrected chi connectivity index (χ2v) is 5.05. The van der Waals surface area contributed by atoms with Crippen LogP contribution in [0.25, 0.3) is 11.0 Å². The molecule has 3 heterocycles. The third-order valence-electron chi connectivity index (χ3n) is 3.72. The van der Waals surface area contributed by atoms with E-state index in [1.165, 1.54) is 17.1 Å². The van der Waals surface area contributed by atoms with Crippen LogP contribution in [0.2, 0.25) is 0 Å². The minimum absolute atomic E-state index is 0.140. The summed E-state index contributed by atoms with van der Waals surface area (Å²) in [4.78, 5) is 7.95. The highest BCUT2D eigenvalue weighted by Crippen LogP contribution is 2.34. The molecule has 0 radical (unpaired) electrons. The Kier molecular flexibility index (Phi) is 3.45. The van der Waals surface area contributed by atoms with Gasteiger partial charge in [-0.3, -0.25) is 5.41 Å². The molecule has 0 aromatic carbocycles. The first-order chi connectivity index (χ1) is 10.5. The molecular weight excluding hydrogens is 292 g/mol. The van der Waals surface area contributed by atoms with Crippen molar-refractivity contribution in [3.8, 4) is 0 Å². The predicted molar refractivity (Wildman–Crippen MR) is 76.0 cm³/mol. The fourth-order valence-electron chi connectivity index (χ4n) is 2.62. The monoisotopic (exact) mass is 308 g/mol. The van der Waals surface area contributed by atoms with Gasteiger partial charge in [0, 0.05) is 11.8 Å². The Labute approximate surface area is 124 Å². The maximum atomic E-state index is 10.1. The molecule has 4 atom stereocenters. The third-order valence-corrected chi connectivity index (χ3v) is 3.72. The summed E-state index contributed by atoms with van der Waals surface area (Å²) in [6.07, 6.45) is -1.73. The molecule has 10 nitrogen and oxygen atoms in total. The number of ether oxygens (including phenoxy) is 1. The van der Waals surface area contributed by atoms with Crippen molar-refractivity contribution in [1.29, 1.82) is 5.41 Å². The lowest BCUT2D eigenvalue weighted by atomic mass is 10.1. The molecule has 10 heteroatoms. The molecule has 1 aliphatic rings. The second kappa shape index (κ2) is 5.18. The molecule has 2 aromatic heterocycles. The van der Waals surface area contributed by atoms with Crippen molar-refractivity contribution in [3.05, 3.63) is 18.1 Å². The van der Waals surface area contributed by atoms with Crippen LogP contribution in [0.3, 0.4) is 0 Å². The van der Waals surface area contributed by atoms with Crippen LogP contribution in [0.4, 0.5) is 5.82 Å². The topological polar surface area (TPSA) is 177 Å². The van der Waals surface area contributed by atoms with Crippen LogP contribution in [0.1, 0.15) is 11.8 Å². The zero-order valence-electron chi connectivity index (χ0n) is 11.4. The Morgan fingerprint density at radius 3 is 2.68 bits per heavy atom. The van der Waals surface area contributed by atoms with Gasteiger partial charge in [-0.25, -0.2) is 9.97 Å². The zero-order valence-corrected chi connectivity index (χ0v) is 11.4. The van der Waals surface area contributed by atoms with Crippen LogP contribution in [0.5, 0.6) is 0 Å². The summed E-state index contributed by atoms with van der Waals surface area (Å²) in [5, 5.41) is 37.1. The molecule has 118 valence electrons. The van der Waals surface area contributed by atoms with Crippen molar-refractivity contribution in [3.63, 3.8) is 0 Å². The van der Waals surface area contributed by atoms with E-state index in [9.17, 15) is 10.2 Å². The van der Waals surface area contributed by atoms with Crippen LogP contribution >= 0.6 is 0 Å². The number of fused-ring (bicyclic) bond motifs is 1. The number of rotatable bonds is 3. The molecular formula is C12H16N6O4. The van der Waals surface area contributed by atoms with Crippen molar-refractivity contribution in [2.75, 3.05) is 12.3 Å². The summed E-state index contributed by atoms with van der Waals surface area (Å²) in [7, 11) is 0. The molecule has 1 fully saturated rings. The number of hydrogen-bond acceptors (Lipinski definition) is 8. The fraction of sp³-hybridized carbons (Fsp3) is 0.417. The van der Waals surface area contributed by atoms with E-state index in [4.69, 9.17) is 26.7 Å². The molecule has 22 heavy (non-hydrogen) atoms. The molecule has 0 amide bonds. The molecule has 1 aliphatic heterocycles. The van der Waals surface area contributed by atoms with E-state index >= 15 is 0 Å². The first kappa shape index (κ1) is 14.7. The van der Waals surface area contributed by atoms with Crippen LogP contribution in [0.15, 0.2) is 12.5 Å². The van der Waals surface area contributed by atoms with E-state index in [-0.39, 0.29) is 11.7 Å². The zero-order chi connectivity index (χ0) is 16.0. The summed E-state index contributed by atoms with van der Waals surface area (Å²) in [6, 6.07) is 0. The van der Waals surface area contributed by atoms with Gasteiger partial charge in [0.1, 0.15) is 41.9 Å². The van der Waals surface area contributed by atoms with Gasteiger partial charge in [-0.05, 0) is 0 Å². The number of aromatic nitrogens is 3. The number of hydrogen-bond donors (Lipinski definition) is 6. The molecule has 4 unspecified atom stereocenters. The fourth-order valence-corrected chi connectivity index (χ4v) is 2.62. The molecule has 0 aliphatic carbocycles. The highest BCUT2D eigenvalue weighted by molar-refractivity contribution is 6.09.